The number of hydrazone groups is 1. The second-order valence-corrected chi connectivity index (χ2v) is 10.9. The van der Waals surface area contributed by atoms with E-state index in [1.54, 1.807) is 18.9 Å². The molecule has 1 aliphatic heterocycles. The van der Waals surface area contributed by atoms with Gasteiger partial charge < -0.3 is 14.6 Å². The summed E-state index contributed by atoms with van der Waals surface area (Å²) in [7, 11) is 1.68. The first-order chi connectivity index (χ1) is 19.1. The number of thioether (sulfide) groups is 1. The number of nitrogens with one attached hydrogen (secondary N) is 2. The maximum absolute atomic E-state index is 5.27. The average Bonchev–Trinajstić information content (AvgIpc) is 3.57. The van der Waals surface area contributed by atoms with Crippen LogP contribution in [0.5, 0.6) is 5.75 Å². The van der Waals surface area contributed by atoms with Gasteiger partial charge in [-0.05, 0) is 58.9 Å². The lowest BCUT2D eigenvalue weighted by Gasteiger charge is -2.14. The normalized spacial score (nSPS) is 15.3. The summed E-state index contributed by atoms with van der Waals surface area (Å²) in [4.78, 5) is 5.08. The van der Waals surface area contributed by atoms with Crippen LogP contribution < -0.4 is 15.5 Å². The summed E-state index contributed by atoms with van der Waals surface area (Å²) in [5.74, 6) is 1.11. The van der Waals surface area contributed by atoms with E-state index >= 15 is 0 Å². The van der Waals surface area contributed by atoms with Crippen molar-refractivity contribution in [2.75, 3.05) is 7.11 Å². The molecule has 0 radical (unpaired) electrons. The Morgan fingerprint density at radius 1 is 1.03 bits per heavy atom. The van der Waals surface area contributed by atoms with Crippen LogP contribution in [0.1, 0.15) is 42.3 Å². The van der Waals surface area contributed by atoms with Gasteiger partial charge in [0.15, 0.2) is 5.50 Å². The second-order valence-electron chi connectivity index (χ2n) is 9.88. The highest BCUT2D eigenvalue weighted by atomic mass is 32.2. The molecule has 0 amide bonds. The molecule has 3 aromatic carbocycles. The van der Waals surface area contributed by atoms with Gasteiger partial charge in [0, 0.05) is 22.8 Å². The Hall–Kier alpha value is -4.23. The van der Waals surface area contributed by atoms with Gasteiger partial charge in [-0.3, -0.25) is 5.43 Å². The minimum Gasteiger partial charge on any atom is -0.497 e. The number of aromatic nitrogens is 2. The van der Waals surface area contributed by atoms with Gasteiger partial charge in [-0.2, -0.15) is 5.10 Å². The van der Waals surface area contributed by atoms with Gasteiger partial charge in [0.25, 0.3) is 0 Å². The summed E-state index contributed by atoms with van der Waals surface area (Å²) in [5, 5.41) is 12.6. The number of ether oxygens (including phenoxy) is 1. The molecule has 0 aliphatic carbocycles. The molecule has 6 rings (SSSR count). The second kappa shape index (κ2) is 10.9. The fraction of sp³-hybridized carbons (Fsp3) is 0.188. The lowest BCUT2D eigenvalue weighted by Crippen LogP contribution is -2.32. The van der Waals surface area contributed by atoms with Crippen molar-refractivity contribution < 1.29 is 4.74 Å². The van der Waals surface area contributed by atoms with Crippen LogP contribution in [0.2, 0.25) is 0 Å². The van der Waals surface area contributed by atoms with E-state index in [0.29, 0.717) is 0 Å². The molecule has 1 unspecified atom stereocenters. The third kappa shape index (κ3) is 5.10. The van der Waals surface area contributed by atoms with Crippen molar-refractivity contribution in [3.63, 3.8) is 0 Å². The molecule has 1 atom stereocenters. The maximum Gasteiger partial charge on any atom is 0.165 e. The van der Waals surface area contributed by atoms with E-state index in [4.69, 9.17) is 9.72 Å². The minimum atomic E-state index is -0.0561. The molecular formula is C32H31N5OS. The fourth-order valence-corrected chi connectivity index (χ4v) is 5.82. The third-order valence-electron chi connectivity index (χ3n) is 6.92. The largest absolute Gasteiger partial charge is 0.497 e. The van der Waals surface area contributed by atoms with Crippen LogP contribution in [-0.2, 0) is 6.54 Å². The zero-order valence-corrected chi connectivity index (χ0v) is 23.1. The first-order valence-electron chi connectivity index (χ1n) is 13.1. The molecule has 196 valence electrons. The summed E-state index contributed by atoms with van der Waals surface area (Å²) in [6.45, 7) is 5.21. The molecule has 0 fully saturated rings. The van der Waals surface area contributed by atoms with E-state index in [1.807, 2.05) is 30.5 Å². The Labute approximate surface area is 232 Å². The van der Waals surface area contributed by atoms with Crippen LogP contribution in [0, 0.1) is 0 Å². The number of hydrogen-bond donors (Lipinski definition) is 2. The van der Waals surface area contributed by atoms with E-state index < -0.39 is 0 Å². The molecule has 5 aromatic rings. The van der Waals surface area contributed by atoms with Crippen molar-refractivity contribution in [2.24, 2.45) is 5.10 Å². The predicted octanol–water partition coefficient (Wildman–Crippen LogP) is 6.91. The van der Waals surface area contributed by atoms with Crippen LogP contribution in [0.25, 0.3) is 27.5 Å². The molecule has 2 N–H and O–H groups in total. The van der Waals surface area contributed by atoms with Crippen molar-refractivity contribution in [3.8, 4) is 5.75 Å². The highest BCUT2D eigenvalue weighted by molar-refractivity contribution is 8.03. The quantitative estimate of drug-likeness (QED) is 0.168. The van der Waals surface area contributed by atoms with Gasteiger partial charge in [-0.1, -0.05) is 74.1 Å². The molecule has 1 aliphatic rings. The Balaban J connectivity index is 1.27. The summed E-state index contributed by atoms with van der Waals surface area (Å²) in [6.07, 6.45) is 1.82. The standard InChI is InChI=1S/C32H31N5OS/c1-21(2)30-31-27(26-11-7-8-12-29(26)37(31)19-22-9-5-4-6-10-22)17-24(34-30)18-33-36-32-35-28(20-39-32)23-13-15-25(38-3)16-14-23/h4-18,20-21,32,35-36H,19H2,1-3H3. The highest BCUT2D eigenvalue weighted by Gasteiger charge is 2.19. The number of methoxy groups -OCH3 is 1. The number of pyridine rings is 1. The molecule has 0 saturated heterocycles. The molecular weight excluding hydrogens is 502 g/mol. The molecule has 3 heterocycles. The molecule has 6 nitrogen and oxygen atoms in total. The number of benzene rings is 3. The molecule has 0 saturated carbocycles. The molecule has 0 bridgehead atoms. The van der Waals surface area contributed by atoms with Crippen LogP contribution in [0.3, 0.4) is 0 Å². The average molecular weight is 534 g/mol. The van der Waals surface area contributed by atoms with Crippen molar-refractivity contribution in [1.29, 1.82) is 0 Å². The third-order valence-corrected chi connectivity index (χ3v) is 7.79. The zero-order chi connectivity index (χ0) is 26.8. The van der Waals surface area contributed by atoms with Gasteiger partial charge in [0.2, 0.25) is 0 Å². The first-order valence-corrected chi connectivity index (χ1v) is 14.1. The molecule has 2 aromatic heterocycles. The number of nitrogens with zero attached hydrogens (tertiary/aromatic N) is 3. The maximum atomic E-state index is 5.27. The minimum absolute atomic E-state index is 0.0561. The number of fused-ring (bicyclic) bond motifs is 3. The Bertz CT molecular complexity index is 1670. The Morgan fingerprint density at radius 2 is 1.79 bits per heavy atom. The molecule has 39 heavy (non-hydrogen) atoms. The predicted molar refractivity (Wildman–Crippen MR) is 163 cm³/mol. The number of rotatable bonds is 8. The summed E-state index contributed by atoms with van der Waals surface area (Å²) >= 11 is 1.65. The van der Waals surface area contributed by atoms with Gasteiger partial charge in [0.1, 0.15) is 5.75 Å². The monoisotopic (exact) mass is 533 g/mol. The zero-order valence-electron chi connectivity index (χ0n) is 22.3. The van der Waals surface area contributed by atoms with Crippen LogP contribution in [-0.4, -0.2) is 28.4 Å². The van der Waals surface area contributed by atoms with Gasteiger partial charge >= 0.3 is 0 Å². The Morgan fingerprint density at radius 3 is 2.56 bits per heavy atom. The van der Waals surface area contributed by atoms with Gasteiger partial charge in [0.05, 0.1) is 35.9 Å². The van der Waals surface area contributed by atoms with Crippen LogP contribution >= 0.6 is 11.8 Å². The number of hydrogen-bond acceptors (Lipinski definition) is 6. The van der Waals surface area contributed by atoms with Crippen molar-refractivity contribution in [3.05, 3.63) is 113 Å². The van der Waals surface area contributed by atoms with E-state index in [-0.39, 0.29) is 11.4 Å². The highest BCUT2D eigenvalue weighted by Crippen LogP contribution is 2.34. The van der Waals surface area contributed by atoms with Crippen molar-refractivity contribution in [2.45, 2.75) is 31.8 Å². The molecule has 7 heteroatoms. The van der Waals surface area contributed by atoms with Gasteiger partial charge in [-0.15, -0.1) is 0 Å². The fourth-order valence-electron chi connectivity index (χ4n) is 5.02. The SMILES string of the molecule is COc1ccc(C2=CSC(NN=Cc3cc4c5ccccc5n(Cc5ccccc5)c4c(C(C)C)n3)N2)cc1. The van der Waals surface area contributed by atoms with Crippen LogP contribution in [0.4, 0.5) is 0 Å². The first kappa shape index (κ1) is 25.1. The van der Waals surface area contributed by atoms with E-state index in [9.17, 15) is 0 Å². The van der Waals surface area contributed by atoms with E-state index in [2.05, 4.69) is 100 Å². The lowest BCUT2D eigenvalue weighted by molar-refractivity contribution is 0.415. The van der Waals surface area contributed by atoms with Crippen molar-refractivity contribution in [1.82, 2.24) is 20.3 Å². The summed E-state index contributed by atoms with van der Waals surface area (Å²) < 4.78 is 7.68. The summed E-state index contributed by atoms with van der Waals surface area (Å²) in [5.41, 5.74) is 10.9. The van der Waals surface area contributed by atoms with E-state index in [1.165, 1.54) is 27.4 Å². The topological polar surface area (TPSA) is 63.5 Å². The summed E-state index contributed by atoms with van der Waals surface area (Å²) in [6, 6.07) is 29.4. The van der Waals surface area contributed by atoms with E-state index in [0.717, 1.165) is 34.9 Å². The Kier molecular flexibility index (Phi) is 6.99. The van der Waals surface area contributed by atoms with Crippen LogP contribution in [0.15, 0.2) is 95.4 Å². The van der Waals surface area contributed by atoms with Gasteiger partial charge in [-0.25, -0.2) is 4.98 Å². The lowest BCUT2D eigenvalue weighted by atomic mass is 10.0. The van der Waals surface area contributed by atoms with Crippen molar-refractivity contribution >= 4 is 45.5 Å². The smallest absolute Gasteiger partial charge is 0.165 e. The molecule has 0 spiro atoms. The number of para-hydroxylation sites is 1.